The number of amides is 1. The van der Waals surface area contributed by atoms with E-state index in [4.69, 9.17) is 9.47 Å². The number of benzene rings is 1. The van der Waals surface area contributed by atoms with Crippen molar-refractivity contribution < 1.29 is 14.3 Å². The molecular formula is C15H18BrNO3. The molecule has 3 rings (SSSR count). The normalized spacial score (nSPS) is 21.4. The van der Waals surface area contributed by atoms with Gasteiger partial charge in [0.1, 0.15) is 0 Å². The van der Waals surface area contributed by atoms with Crippen molar-refractivity contribution in [3.8, 4) is 0 Å². The summed E-state index contributed by atoms with van der Waals surface area (Å²) in [7, 11) is 0. The van der Waals surface area contributed by atoms with Crippen LogP contribution in [-0.4, -0.2) is 42.9 Å². The number of hydrogen-bond donors (Lipinski definition) is 0. The fraction of sp³-hybridized carbons (Fsp3) is 0.533. The summed E-state index contributed by atoms with van der Waals surface area (Å²) in [5.74, 6) is -0.325. The third kappa shape index (κ3) is 2.62. The lowest BCUT2D eigenvalue weighted by Crippen LogP contribution is -2.47. The number of piperidine rings is 1. The molecule has 1 spiro atoms. The van der Waals surface area contributed by atoms with Crippen molar-refractivity contribution in [2.45, 2.75) is 25.6 Å². The van der Waals surface area contributed by atoms with Crippen molar-refractivity contribution >= 4 is 21.8 Å². The number of carbonyl (C=O) groups excluding carboxylic acids is 1. The van der Waals surface area contributed by atoms with Crippen LogP contribution in [0.15, 0.2) is 22.7 Å². The van der Waals surface area contributed by atoms with Crippen LogP contribution in [0, 0.1) is 6.92 Å². The zero-order chi connectivity index (χ0) is 14.2. The largest absolute Gasteiger partial charge is 0.347 e. The van der Waals surface area contributed by atoms with Gasteiger partial charge in [-0.25, -0.2) is 0 Å². The summed E-state index contributed by atoms with van der Waals surface area (Å²) in [6.45, 7) is 4.68. The minimum atomic E-state index is -0.425. The number of halogens is 1. The summed E-state index contributed by atoms with van der Waals surface area (Å²) in [6.07, 6.45) is 1.52. The monoisotopic (exact) mass is 339 g/mol. The van der Waals surface area contributed by atoms with Crippen LogP contribution < -0.4 is 0 Å². The molecule has 0 aliphatic carbocycles. The zero-order valence-corrected chi connectivity index (χ0v) is 13.1. The van der Waals surface area contributed by atoms with Crippen LogP contribution in [0.4, 0.5) is 0 Å². The summed E-state index contributed by atoms with van der Waals surface area (Å²) in [6, 6.07) is 5.77. The Kier molecular flexibility index (Phi) is 3.84. The van der Waals surface area contributed by atoms with Crippen LogP contribution in [0.1, 0.15) is 28.8 Å². The molecule has 0 saturated carbocycles. The standard InChI is InChI=1S/C15H18BrNO3/c1-11-10-12(16)2-3-13(11)14(18)17-6-4-15(5-7-17)19-8-9-20-15/h2-3,10H,4-9H2,1H3. The summed E-state index contributed by atoms with van der Waals surface area (Å²) in [5, 5.41) is 0. The molecule has 1 amide bonds. The minimum Gasteiger partial charge on any atom is -0.347 e. The van der Waals surface area contributed by atoms with Gasteiger partial charge in [0.2, 0.25) is 0 Å². The molecule has 0 radical (unpaired) electrons. The first-order chi connectivity index (χ1) is 9.60. The smallest absolute Gasteiger partial charge is 0.254 e. The SMILES string of the molecule is Cc1cc(Br)ccc1C(=O)N1CCC2(CC1)OCCO2. The molecule has 2 fully saturated rings. The average molecular weight is 340 g/mol. The Balaban J connectivity index is 1.69. The second-order valence-corrected chi connectivity index (χ2v) is 6.27. The van der Waals surface area contributed by atoms with E-state index in [1.807, 2.05) is 30.0 Å². The van der Waals surface area contributed by atoms with E-state index in [0.717, 1.165) is 28.4 Å². The van der Waals surface area contributed by atoms with Crippen LogP contribution in [0.25, 0.3) is 0 Å². The predicted molar refractivity (Wildman–Crippen MR) is 78.7 cm³/mol. The first-order valence-electron chi connectivity index (χ1n) is 6.93. The second kappa shape index (κ2) is 5.47. The molecule has 0 bridgehead atoms. The molecule has 2 aliphatic heterocycles. The number of rotatable bonds is 1. The highest BCUT2D eigenvalue weighted by molar-refractivity contribution is 9.10. The predicted octanol–water partition coefficient (Wildman–Crippen LogP) is 2.74. The molecule has 2 heterocycles. The van der Waals surface area contributed by atoms with Crippen LogP contribution in [0.2, 0.25) is 0 Å². The van der Waals surface area contributed by atoms with Crippen molar-refractivity contribution in [2.24, 2.45) is 0 Å². The maximum atomic E-state index is 12.6. The lowest BCUT2D eigenvalue weighted by Gasteiger charge is -2.37. The van der Waals surface area contributed by atoms with E-state index < -0.39 is 5.79 Å². The third-order valence-electron chi connectivity index (χ3n) is 4.04. The summed E-state index contributed by atoms with van der Waals surface area (Å²) < 4.78 is 12.4. The molecule has 1 aromatic carbocycles. The van der Waals surface area contributed by atoms with E-state index in [1.165, 1.54) is 0 Å². The van der Waals surface area contributed by atoms with Crippen molar-refractivity contribution in [1.82, 2.24) is 4.90 Å². The molecule has 2 aliphatic rings. The van der Waals surface area contributed by atoms with Gasteiger partial charge in [-0.1, -0.05) is 15.9 Å². The number of hydrogen-bond acceptors (Lipinski definition) is 3. The van der Waals surface area contributed by atoms with Gasteiger partial charge in [0.15, 0.2) is 5.79 Å². The van der Waals surface area contributed by atoms with E-state index in [2.05, 4.69) is 15.9 Å². The highest BCUT2D eigenvalue weighted by Crippen LogP contribution is 2.32. The third-order valence-corrected chi connectivity index (χ3v) is 4.54. The molecule has 2 saturated heterocycles. The summed E-state index contributed by atoms with van der Waals surface area (Å²) in [4.78, 5) is 14.5. The number of likely N-dealkylation sites (tertiary alicyclic amines) is 1. The molecule has 0 atom stereocenters. The maximum absolute atomic E-state index is 12.6. The zero-order valence-electron chi connectivity index (χ0n) is 11.5. The number of carbonyl (C=O) groups is 1. The van der Waals surface area contributed by atoms with Crippen molar-refractivity contribution in [2.75, 3.05) is 26.3 Å². The van der Waals surface area contributed by atoms with Gasteiger partial charge >= 0.3 is 0 Å². The quantitative estimate of drug-likeness (QED) is 0.789. The van der Waals surface area contributed by atoms with Gasteiger partial charge in [-0.2, -0.15) is 0 Å². The molecule has 20 heavy (non-hydrogen) atoms. The van der Waals surface area contributed by atoms with Crippen LogP contribution in [-0.2, 0) is 9.47 Å². The Morgan fingerprint density at radius 3 is 2.50 bits per heavy atom. The highest BCUT2D eigenvalue weighted by Gasteiger charge is 2.40. The Labute approximate surface area is 127 Å². The van der Waals surface area contributed by atoms with Crippen molar-refractivity contribution in [1.29, 1.82) is 0 Å². The maximum Gasteiger partial charge on any atom is 0.254 e. The molecule has 0 unspecified atom stereocenters. The molecule has 1 aromatic rings. The highest BCUT2D eigenvalue weighted by atomic mass is 79.9. The fourth-order valence-corrected chi connectivity index (χ4v) is 3.35. The average Bonchev–Trinajstić information content (AvgIpc) is 2.87. The molecule has 0 N–H and O–H groups in total. The first-order valence-corrected chi connectivity index (χ1v) is 7.72. The van der Waals surface area contributed by atoms with Gasteiger partial charge < -0.3 is 14.4 Å². The van der Waals surface area contributed by atoms with E-state index in [1.54, 1.807) is 0 Å². The lowest BCUT2D eigenvalue weighted by atomic mass is 10.0. The minimum absolute atomic E-state index is 0.0999. The van der Waals surface area contributed by atoms with E-state index in [-0.39, 0.29) is 5.91 Å². The lowest BCUT2D eigenvalue weighted by molar-refractivity contribution is -0.181. The topological polar surface area (TPSA) is 38.8 Å². The summed E-state index contributed by atoms with van der Waals surface area (Å²) in [5.41, 5.74) is 1.77. The number of ether oxygens (including phenoxy) is 2. The van der Waals surface area contributed by atoms with Crippen molar-refractivity contribution in [3.63, 3.8) is 0 Å². The van der Waals surface area contributed by atoms with Crippen LogP contribution >= 0.6 is 15.9 Å². The van der Waals surface area contributed by atoms with E-state index in [9.17, 15) is 4.79 Å². The van der Waals surface area contributed by atoms with Gasteiger partial charge in [-0.05, 0) is 30.7 Å². The van der Waals surface area contributed by atoms with Crippen molar-refractivity contribution in [3.05, 3.63) is 33.8 Å². The van der Waals surface area contributed by atoms with Crippen LogP contribution in [0.5, 0.6) is 0 Å². The second-order valence-electron chi connectivity index (χ2n) is 5.36. The molecule has 0 aromatic heterocycles. The Bertz CT molecular complexity index is 516. The van der Waals surface area contributed by atoms with Gasteiger partial charge in [-0.3, -0.25) is 4.79 Å². The molecule has 4 nitrogen and oxygen atoms in total. The van der Waals surface area contributed by atoms with Gasteiger partial charge in [0.05, 0.1) is 13.2 Å². The number of nitrogens with zero attached hydrogens (tertiary/aromatic N) is 1. The Morgan fingerprint density at radius 2 is 1.90 bits per heavy atom. The molecule has 108 valence electrons. The Hall–Kier alpha value is -0.910. The van der Waals surface area contributed by atoms with E-state index >= 15 is 0 Å². The number of aryl methyl sites for hydroxylation is 1. The van der Waals surface area contributed by atoms with Gasteiger partial charge in [0.25, 0.3) is 5.91 Å². The van der Waals surface area contributed by atoms with Gasteiger partial charge in [0, 0.05) is 36.0 Å². The van der Waals surface area contributed by atoms with Gasteiger partial charge in [-0.15, -0.1) is 0 Å². The fourth-order valence-electron chi connectivity index (χ4n) is 2.87. The molecule has 5 heteroatoms. The molecular weight excluding hydrogens is 322 g/mol. The summed E-state index contributed by atoms with van der Waals surface area (Å²) >= 11 is 3.42. The van der Waals surface area contributed by atoms with Crippen LogP contribution in [0.3, 0.4) is 0 Å². The Morgan fingerprint density at radius 1 is 1.25 bits per heavy atom. The first kappa shape index (κ1) is 14.0. The van der Waals surface area contributed by atoms with E-state index in [0.29, 0.717) is 26.3 Å².